The van der Waals surface area contributed by atoms with E-state index in [4.69, 9.17) is 13.9 Å². The van der Waals surface area contributed by atoms with Crippen LogP contribution in [0.2, 0.25) is 0 Å². The zero-order valence-electron chi connectivity index (χ0n) is 21.0. The molecule has 0 aliphatic rings. The first-order valence-corrected chi connectivity index (χ1v) is 12.2. The number of esters is 1. The first-order valence-electron chi connectivity index (χ1n) is 12.2. The van der Waals surface area contributed by atoms with E-state index in [1.165, 1.54) is 6.33 Å². The molecule has 0 spiro atoms. The highest BCUT2D eigenvalue weighted by Crippen LogP contribution is 2.38. The number of allylic oxidation sites excluding steroid dienone is 1. The van der Waals surface area contributed by atoms with Gasteiger partial charge in [0.25, 0.3) is 0 Å². The van der Waals surface area contributed by atoms with E-state index in [1.54, 1.807) is 0 Å². The fourth-order valence-corrected chi connectivity index (χ4v) is 3.69. The van der Waals surface area contributed by atoms with Gasteiger partial charge in [0.2, 0.25) is 11.6 Å². The maximum atomic E-state index is 11.9. The average molecular weight is 465 g/mol. The minimum atomic E-state index is -0.446. The topological polar surface area (TPSA) is 74.5 Å². The predicted octanol–water partition coefficient (Wildman–Crippen LogP) is 7.37. The fraction of sp³-hybridized carbons (Fsp3) is 0.464. The van der Waals surface area contributed by atoms with Crippen LogP contribution in [0.5, 0.6) is 5.88 Å². The van der Waals surface area contributed by atoms with Crippen molar-refractivity contribution >= 4 is 23.1 Å². The van der Waals surface area contributed by atoms with Gasteiger partial charge in [0.15, 0.2) is 0 Å². The Hall–Kier alpha value is -3.15. The third-order valence-corrected chi connectivity index (χ3v) is 5.24. The SMILES string of the molecule is CCC/C=C/c1c(-c2ccccc2)oc2ncnc(O[C@H](C)CCCCC(=O)OC(C)(C)C)c12. The van der Waals surface area contributed by atoms with Gasteiger partial charge in [0, 0.05) is 17.5 Å². The number of rotatable bonds is 11. The van der Waals surface area contributed by atoms with E-state index >= 15 is 0 Å². The highest BCUT2D eigenvalue weighted by Gasteiger charge is 2.21. The number of furan rings is 1. The molecule has 34 heavy (non-hydrogen) atoms. The van der Waals surface area contributed by atoms with Crippen LogP contribution in [-0.4, -0.2) is 27.6 Å². The Morgan fingerprint density at radius 3 is 2.62 bits per heavy atom. The molecule has 6 heteroatoms. The van der Waals surface area contributed by atoms with Gasteiger partial charge in [-0.1, -0.05) is 55.8 Å². The van der Waals surface area contributed by atoms with E-state index in [-0.39, 0.29) is 12.1 Å². The smallest absolute Gasteiger partial charge is 0.306 e. The number of unbranched alkanes of at least 4 members (excludes halogenated alkanes) is 2. The first kappa shape index (κ1) is 25.5. The van der Waals surface area contributed by atoms with Crippen molar-refractivity contribution in [2.75, 3.05) is 0 Å². The predicted molar refractivity (Wildman–Crippen MR) is 136 cm³/mol. The van der Waals surface area contributed by atoms with Crippen LogP contribution >= 0.6 is 0 Å². The maximum absolute atomic E-state index is 11.9. The molecule has 3 rings (SSSR count). The van der Waals surface area contributed by atoms with Crippen LogP contribution < -0.4 is 4.74 Å². The number of nitrogens with zero attached hydrogens (tertiary/aromatic N) is 2. The summed E-state index contributed by atoms with van der Waals surface area (Å²) in [7, 11) is 0. The molecule has 0 radical (unpaired) electrons. The number of aromatic nitrogens is 2. The molecule has 0 unspecified atom stereocenters. The fourth-order valence-electron chi connectivity index (χ4n) is 3.69. The molecule has 182 valence electrons. The lowest BCUT2D eigenvalue weighted by atomic mass is 10.1. The second-order valence-electron chi connectivity index (χ2n) is 9.52. The van der Waals surface area contributed by atoms with E-state index in [9.17, 15) is 4.79 Å². The van der Waals surface area contributed by atoms with E-state index in [1.807, 2.05) is 58.0 Å². The third kappa shape index (κ3) is 7.17. The third-order valence-electron chi connectivity index (χ3n) is 5.24. The summed E-state index contributed by atoms with van der Waals surface area (Å²) in [6.07, 6.45) is 10.5. The van der Waals surface area contributed by atoms with Crippen LogP contribution in [0.25, 0.3) is 28.5 Å². The average Bonchev–Trinajstić information content (AvgIpc) is 3.16. The molecule has 0 bridgehead atoms. The van der Waals surface area contributed by atoms with Crippen molar-refractivity contribution in [1.82, 2.24) is 9.97 Å². The normalized spacial score (nSPS) is 12.9. The lowest BCUT2D eigenvalue weighted by molar-refractivity contribution is -0.154. The van der Waals surface area contributed by atoms with Crippen LogP contribution in [0.3, 0.4) is 0 Å². The quantitative estimate of drug-likeness (QED) is 0.218. The van der Waals surface area contributed by atoms with Crippen molar-refractivity contribution in [3.63, 3.8) is 0 Å². The molecule has 2 aromatic heterocycles. The van der Waals surface area contributed by atoms with Crippen LogP contribution in [0.15, 0.2) is 47.2 Å². The molecular weight excluding hydrogens is 428 g/mol. The Morgan fingerprint density at radius 2 is 1.91 bits per heavy atom. The van der Waals surface area contributed by atoms with Gasteiger partial charge in [-0.3, -0.25) is 4.79 Å². The number of hydrogen-bond donors (Lipinski definition) is 0. The molecule has 0 N–H and O–H groups in total. The standard InChI is InChI=1S/C28H36N2O4/c1-6-7-9-17-22-24-26(32-20(2)14-12-13-18-23(31)34-28(3,4)5)29-19-30-27(24)33-25(22)21-15-10-8-11-16-21/h8-11,15-17,19-20H,6-7,12-14,18H2,1-5H3/b17-9+/t20-/m1/s1. The zero-order chi connectivity index (χ0) is 24.6. The van der Waals surface area contributed by atoms with Gasteiger partial charge < -0.3 is 13.9 Å². The summed E-state index contributed by atoms with van der Waals surface area (Å²) < 4.78 is 17.8. The Morgan fingerprint density at radius 1 is 1.15 bits per heavy atom. The molecule has 2 heterocycles. The van der Waals surface area contributed by atoms with Gasteiger partial charge in [-0.05, 0) is 53.4 Å². The molecule has 0 aliphatic carbocycles. The van der Waals surface area contributed by atoms with Crippen LogP contribution in [0.1, 0.15) is 78.7 Å². The second-order valence-corrected chi connectivity index (χ2v) is 9.52. The minimum absolute atomic E-state index is 0.0701. The highest BCUT2D eigenvalue weighted by molar-refractivity contribution is 5.95. The van der Waals surface area contributed by atoms with Crippen LogP contribution in [0.4, 0.5) is 0 Å². The van der Waals surface area contributed by atoms with E-state index in [0.29, 0.717) is 18.0 Å². The van der Waals surface area contributed by atoms with Gasteiger partial charge in [-0.15, -0.1) is 0 Å². The van der Waals surface area contributed by atoms with E-state index in [2.05, 4.69) is 29.0 Å². The van der Waals surface area contributed by atoms with Crippen LogP contribution in [-0.2, 0) is 9.53 Å². The molecule has 1 aromatic carbocycles. The van der Waals surface area contributed by atoms with Crippen molar-refractivity contribution < 1.29 is 18.7 Å². The monoisotopic (exact) mass is 464 g/mol. The summed E-state index contributed by atoms with van der Waals surface area (Å²) in [6, 6.07) is 10.0. The lowest BCUT2D eigenvalue weighted by Crippen LogP contribution is -2.23. The molecular formula is C28H36N2O4. The Bertz CT molecular complexity index is 1100. The number of ether oxygens (including phenoxy) is 2. The van der Waals surface area contributed by atoms with Gasteiger partial charge in [-0.25, -0.2) is 9.97 Å². The number of hydrogen-bond acceptors (Lipinski definition) is 6. The highest BCUT2D eigenvalue weighted by atomic mass is 16.6. The minimum Gasteiger partial charge on any atom is -0.474 e. The molecule has 1 atom stereocenters. The summed E-state index contributed by atoms with van der Waals surface area (Å²) in [6.45, 7) is 9.82. The Kier molecular flexibility index (Phi) is 8.85. The van der Waals surface area contributed by atoms with Gasteiger partial charge in [0.1, 0.15) is 23.1 Å². The molecule has 0 saturated heterocycles. The number of carbonyl (C=O) groups excluding carboxylic acids is 1. The van der Waals surface area contributed by atoms with E-state index < -0.39 is 5.60 Å². The molecule has 0 saturated carbocycles. The molecule has 6 nitrogen and oxygen atoms in total. The molecule has 0 aliphatic heterocycles. The molecule has 0 amide bonds. The number of fused-ring (bicyclic) bond motifs is 1. The Labute approximate surface area is 202 Å². The van der Waals surface area contributed by atoms with Crippen LogP contribution in [0, 0.1) is 0 Å². The van der Waals surface area contributed by atoms with E-state index in [0.717, 1.165) is 54.4 Å². The zero-order valence-corrected chi connectivity index (χ0v) is 21.0. The molecule has 0 fully saturated rings. The summed E-state index contributed by atoms with van der Waals surface area (Å²) in [4.78, 5) is 20.7. The first-order chi connectivity index (χ1) is 16.3. The van der Waals surface area contributed by atoms with Gasteiger partial charge >= 0.3 is 5.97 Å². The van der Waals surface area contributed by atoms with Gasteiger partial charge in [-0.2, -0.15) is 0 Å². The second kappa shape index (κ2) is 11.8. The molecule has 3 aromatic rings. The van der Waals surface area contributed by atoms with Crippen molar-refractivity contribution in [2.24, 2.45) is 0 Å². The summed E-state index contributed by atoms with van der Waals surface area (Å²) in [5.41, 5.74) is 1.98. The maximum Gasteiger partial charge on any atom is 0.306 e. The van der Waals surface area contributed by atoms with Crippen molar-refractivity contribution in [3.05, 3.63) is 48.3 Å². The van der Waals surface area contributed by atoms with Crippen molar-refractivity contribution in [1.29, 1.82) is 0 Å². The van der Waals surface area contributed by atoms with Crippen molar-refractivity contribution in [3.8, 4) is 17.2 Å². The summed E-state index contributed by atoms with van der Waals surface area (Å²) >= 11 is 0. The van der Waals surface area contributed by atoms with Crippen molar-refractivity contribution in [2.45, 2.75) is 84.8 Å². The number of benzene rings is 1. The summed E-state index contributed by atoms with van der Waals surface area (Å²) in [5.74, 6) is 1.12. The van der Waals surface area contributed by atoms with Gasteiger partial charge in [0.05, 0.1) is 6.10 Å². The Balaban J connectivity index is 1.75. The summed E-state index contributed by atoms with van der Waals surface area (Å²) in [5, 5.41) is 0.786. The lowest BCUT2D eigenvalue weighted by Gasteiger charge is -2.19. The largest absolute Gasteiger partial charge is 0.474 e. The number of carbonyl (C=O) groups is 1.